The van der Waals surface area contributed by atoms with Crippen LogP contribution in [0.25, 0.3) is 0 Å². The topological polar surface area (TPSA) is 45.1 Å². The van der Waals surface area contributed by atoms with E-state index in [2.05, 4.69) is 50.6 Å². The van der Waals surface area contributed by atoms with Crippen LogP contribution in [-0.2, 0) is 19.5 Å². The highest BCUT2D eigenvalue weighted by molar-refractivity contribution is 5.56. The fourth-order valence-electron chi connectivity index (χ4n) is 3.69. The zero-order valence-corrected chi connectivity index (χ0v) is 13.8. The molecule has 1 atom stereocenters. The van der Waals surface area contributed by atoms with Crippen molar-refractivity contribution in [3.05, 3.63) is 41.6 Å². The van der Waals surface area contributed by atoms with E-state index >= 15 is 0 Å². The zero-order valence-electron chi connectivity index (χ0n) is 13.8. The third-order valence-electron chi connectivity index (χ3n) is 4.98. The number of benzene rings is 1. The number of aryl methyl sites for hydroxylation is 1. The summed E-state index contributed by atoms with van der Waals surface area (Å²) in [6, 6.07) is 8.96. The van der Waals surface area contributed by atoms with E-state index < -0.39 is 0 Å². The summed E-state index contributed by atoms with van der Waals surface area (Å²) in [6.45, 7) is 5.16. The minimum Gasteiger partial charge on any atom is -0.374 e. The Labute approximate surface area is 137 Å². The average molecular weight is 311 g/mol. The Morgan fingerprint density at radius 2 is 2.30 bits per heavy atom. The highest BCUT2D eigenvalue weighted by atomic mass is 15.3. The largest absolute Gasteiger partial charge is 0.374 e. The Balaban J connectivity index is 1.32. The van der Waals surface area contributed by atoms with Gasteiger partial charge in [0.2, 0.25) is 0 Å². The molecule has 4 rings (SSSR count). The van der Waals surface area contributed by atoms with Gasteiger partial charge in [-0.3, -0.25) is 0 Å². The van der Waals surface area contributed by atoms with Gasteiger partial charge in [0, 0.05) is 57.4 Å². The van der Waals surface area contributed by atoms with E-state index in [1.165, 1.54) is 36.2 Å². The van der Waals surface area contributed by atoms with Crippen molar-refractivity contribution in [2.75, 3.05) is 36.9 Å². The van der Waals surface area contributed by atoms with Crippen molar-refractivity contribution in [2.24, 2.45) is 5.92 Å². The quantitative estimate of drug-likeness (QED) is 0.908. The normalized spacial score (nSPS) is 19.9. The van der Waals surface area contributed by atoms with Crippen LogP contribution in [0.1, 0.15) is 17.5 Å². The van der Waals surface area contributed by atoms with Gasteiger partial charge in [0.1, 0.15) is 5.82 Å². The molecule has 0 unspecified atom stereocenters. The van der Waals surface area contributed by atoms with Gasteiger partial charge in [-0.2, -0.15) is 5.10 Å². The first kappa shape index (κ1) is 14.6. The van der Waals surface area contributed by atoms with Crippen molar-refractivity contribution in [2.45, 2.75) is 25.9 Å². The van der Waals surface area contributed by atoms with Crippen LogP contribution in [0.2, 0.25) is 0 Å². The molecule has 0 fully saturated rings. The molecule has 5 heteroatoms. The molecule has 3 heterocycles. The van der Waals surface area contributed by atoms with Crippen LogP contribution < -0.4 is 15.5 Å². The predicted molar refractivity (Wildman–Crippen MR) is 93.9 cm³/mol. The van der Waals surface area contributed by atoms with Crippen LogP contribution in [0.15, 0.2) is 30.5 Å². The molecular formula is C18H25N5. The van der Waals surface area contributed by atoms with E-state index in [0.29, 0.717) is 5.92 Å². The molecule has 0 aliphatic carbocycles. The van der Waals surface area contributed by atoms with E-state index in [0.717, 1.165) is 32.0 Å². The fraction of sp³-hybridized carbons (Fsp3) is 0.500. The predicted octanol–water partition coefficient (Wildman–Crippen LogP) is 2.10. The van der Waals surface area contributed by atoms with Gasteiger partial charge < -0.3 is 15.5 Å². The van der Waals surface area contributed by atoms with Crippen molar-refractivity contribution >= 4 is 11.5 Å². The van der Waals surface area contributed by atoms with Gasteiger partial charge in [-0.1, -0.05) is 12.1 Å². The summed E-state index contributed by atoms with van der Waals surface area (Å²) in [5.41, 5.74) is 4.30. The SMILES string of the molecule is CN1CCCc2cc(CNC[C@H]3CNc4ccnn4C3)ccc21. The van der Waals surface area contributed by atoms with Gasteiger partial charge in [-0.25, -0.2) is 4.68 Å². The summed E-state index contributed by atoms with van der Waals surface area (Å²) in [4.78, 5) is 2.37. The summed E-state index contributed by atoms with van der Waals surface area (Å²) in [6.07, 6.45) is 4.34. The number of rotatable bonds is 4. The first-order chi connectivity index (χ1) is 11.3. The molecule has 0 spiro atoms. The third kappa shape index (κ3) is 3.06. The average Bonchev–Trinajstić information content (AvgIpc) is 3.03. The maximum absolute atomic E-state index is 4.35. The Kier molecular flexibility index (Phi) is 3.95. The zero-order chi connectivity index (χ0) is 15.6. The number of hydrogen-bond acceptors (Lipinski definition) is 4. The van der Waals surface area contributed by atoms with E-state index in [9.17, 15) is 0 Å². The number of hydrogen-bond donors (Lipinski definition) is 2. The molecule has 1 aromatic carbocycles. The van der Waals surface area contributed by atoms with Crippen molar-refractivity contribution in [1.29, 1.82) is 0 Å². The first-order valence-electron chi connectivity index (χ1n) is 8.59. The molecular weight excluding hydrogens is 286 g/mol. The smallest absolute Gasteiger partial charge is 0.124 e. The molecule has 122 valence electrons. The molecule has 0 amide bonds. The first-order valence-corrected chi connectivity index (χ1v) is 8.59. The lowest BCUT2D eigenvalue weighted by molar-refractivity contribution is 0.391. The summed E-state index contributed by atoms with van der Waals surface area (Å²) in [5, 5.41) is 11.4. The second-order valence-electron chi connectivity index (χ2n) is 6.76. The number of nitrogens with one attached hydrogen (secondary N) is 2. The fourth-order valence-corrected chi connectivity index (χ4v) is 3.69. The summed E-state index contributed by atoms with van der Waals surface area (Å²) < 4.78 is 2.06. The molecule has 5 nitrogen and oxygen atoms in total. The van der Waals surface area contributed by atoms with Crippen molar-refractivity contribution in [3.63, 3.8) is 0 Å². The van der Waals surface area contributed by atoms with E-state index in [-0.39, 0.29) is 0 Å². The molecule has 2 aliphatic rings. The maximum Gasteiger partial charge on any atom is 0.124 e. The van der Waals surface area contributed by atoms with Crippen molar-refractivity contribution < 1.29 is 0 Å². The minimum absolute atomic E-state index is 0.589. The van der Waals surface area contributed by atoms with Crippen molar-refractivity contribution in [3.8, 4) is 0 Å². The number of nitrogens with zero attached hydrogens (tertiary/aromatic N) is 3. The van der Waals surface area contributed by atoms with Gasteiger partial charge in [-0.15, -0.1) is 0 Å². The van der Waals surface area contributed by atoms with E-state index in [1.807, 2.05) is 12.3 Å². The molecule has 0 radical (unpaired) electrons. The standard InChI is InChI=1S/C18H25N5/c1-22-8-2-3-16-9-14(4-5-17(16)22)10-19-11-15-12-20-18-6-7-21-23(18)13-15/h4-7,9,15,19-20H,2-3,8,10-13H2,1H3/t15-/m0/s1. The molecule has 0 saturated heterocycles. The van der Waals surface area contributed by atoms with Crippen LogP contribution in [0, 0.1) is 5.92 Å². The molecule has 2 aliphatic heterocycles. The molecule has 1 aromatic heterocycles. The molecule has 2 aromatic rings. The Morgan fingerprint density at radius 3 is 3.26 bits per heavy atom. The highest BCUT2D eigenvalue weighted by Gasteiger charge is 2.18. The van der Waals surface area contributed by atoms with Crippen LogP contribution >= 0.6 is 0 Å². The Hall–Kier alpha value is -2.01. The molecule has 0 bridgehead atoms. The second kappa shape index (κ2) is 6.24. The van der Waals surface area contributed by atoms with Gasteiger partial charge in [0.15, 0.2) is 0 Å². The molecule has 0 saturated carbocycles. The number of aromatic nitrogens is 2. The highest BCUT2D eigenvalue weighted by Crippen LogP contribution is 2.26. The number of fused-ring (bicyclic) bond motifs is 2. The van der Waals surface area contributed by atoms with Gasteiger partial charge in [0.05, 0.1) is 6.20 Å². The van der Waals surface area contributed by atoms with Crippen LogP contribution in [0.4, 0.5) is 11.5 Å². The van der Waals surface area contributed by atoms with Crippen molar-refractivity contribution in [1.82, 2.24) is 15.1 Å². The van der Waals surface area contributed by atoms with Crippen LogP contribution in [0.3, 0.4) is 0 Å². The van der Waals surface area contributed by atoms with Crippen LogP contribution in [-0.4, -0.2) is 36.5 Å². The van der Waals surface area contributed by atoms with E-state index in [4.69, 9.17) is 0 Å². The molecule has 23 heavy (non-hydrogen) atoms. The third-order valence-corrected chi connectivity index (χ3v) is 4.98. The summed E-state index contributed by atoms with van der Waals surface area (Å²) in [7, 11) is 2.19. The lowest BCUT2D eigenvalue weighted by Gasteiger charge is -2.28. The van der Waals surface area contributed by atoms with Gasteiger partial charge in [-0.05, 0) is 30.0 Å². The Morgan fingerprint density at radius 1 is 1.35 bits per heavy atom. The Bertz CT molecular complexity index is 678. The summed E-state index contributed by atoms with van der Waals surface area (Å²) >= 11 is 0. The second-order valence-corrected chi connectivity index (χ2v) is 6.76. The number of anilines is 2. The summed E-state index contributed by atoms with van der Waals surface area (Å²) in [5.74, 6) is 1.73. The molecule has 2 N–H and O–H groups in total. The lowest BCUT2D eigenvalue weighted by atomic mass is 9.99. The lowest BCUT2D eigenvalue weighted by Crippen LogP contribution is -2.35. The van der Waals surface area contributed by atoms with Gasteiger partial charge >= 0.3 is 0 Å². The monoisotopic (exact) mass is 311 g/mol. The van der Waals surface area contributed by atoms with E-state index in [1.54, 1.807) is 0 Å². The maximum atomic E-state index is 4.35. The van der Waals surface area contributed by atoms with Gasteiger partial charge in [0.25, 0.3) is 0 Å². The minimum atomic E-state index is 0.589. The van der Waals surface area contributed by atoms with Crippen LogP contribution in [0.5, 0.6) is 0 Å².